The van der Waals surface area contributed by atoms with Crippen LogP contribution in [-0.2, 0) is 0 Å². The van der Waals surface area contributed by atoms with Gasteiger partial charge in [0, 0.05) is 31.9 Å². The highest BCUT2D eigenvalue weighted by atomic mass is 16.5. The number of piperazine rings is 1. The number of nitrogens with one attached hydrogen (secondary N) is 1. The van der Waals surface area contributed by atoms with E-state index in [1.54, 1.807) is 25.3 Å². The first kappa shape index (κ1) is 17.1. The minimum Gasteiger partial charge on any atom is -0.496 e. The molecule has 0 spiro atoms. The van der Waals surface area contributed by atoms with Gasteiger partial charge in [-0.2, -0.15) is 0 Å². The summed E-state index contributed by atoms with van der Waals surface area (Å²) in [6.45, 7) is 3.94. The molecule has 0 bridgehead atoms. The highest BCUT2D eigenvalue weighted by molar-refractivity contribution is 6.06. The second kappa shape index (κ2) is 7.44. The molecule has 25 heavy (non-hydrogen) atoms. The fourth-order valence-electron chi connectivity index (χ4n) is 3.00. The number of ether oxygens (including phenoxy) is 1. The topological polar surface area (TPSA) is 70.8 Å². The number of nitrogens with two attached hydrogens (primary N) is 1. The van der Waals surface area contributed by atoms with E-state index in [0.717, 1.165) is 31.9 Å². The van der Waals surface area contributed by atoms with Crippen molar-refractivity contribution >= 4 is 23.0 Å². The van der Waals surface area contributed by atoms with Gasteiger partial charge in [0.2, 0.25) is 0 Å². The number of hydrogen-bond acceptors (Lipinski definition) is 5. The Labute approximate surface area is 148 Å². The summed E-state index contributed by atoms with van der Waals surface area (Å²) in [6.07, 6.45) is 0. The van der Waals surface area contributed by atoms with Crippen LogP contribution in [0.5, 0.6) is 5.75 Å². The van der Waals surface area contributed by atoms with Crippen molar-refractivity contribution in [1.82, 2.24) is 4.90 Å². The number of anilines is 3. The second-order valence-corrected chi connectivity index (χ2v) is 6.22. The van der Waals surface area contributed by atoms with Crippen LogP contribution in [0.1, 0.15) is 10.4 Å². The Bertz CT molecular complexity index is 755. The van der Waals surface area contributed by atoms with E-state index in [-0.39, 0.29) is 5.91 Å². The predicted molar refractivity (Wildman–Crippen MR) is 102 cm³/mol. The van der Waals surface area contributed by atoms with Crippen molar-refractivity contribution in [3.05, 3.63) is 48.0 Å². The van der Waals surface area contributed by atoms with Gasteiger partial charge < -0.3 is 25.6 Å². The lowest BCUT2D eigenvalue weighted by Gasteiger charge is -2.34. The first-order chi connectivity index (χ1) is 12.1. The average molecular weight is 340 g/mol. The third-order valence-electron chi connectivity index (χ3n) is 4.48. The van der Waals surface area contributed by atoms with Crippen LogP contribution < -0.4 is 20.7 Å². The number of amides is 1. The monoisotopic (exact) mass is 340 g/mol. The zero-order valence-electron chi connectivity index (χ0n) is 14.7. The lowest BCUT2D eigenvalue weighted by Crippen LogP contribution is -2.44. The zero-order valence-corrected chi connectivity index (χ0v) is 14.7. The summed E-state index contributed by atoms with van der Waals surface area (Å²) in [4.78, 5) is 17.1. The van der Waals surface area contributed by atoms with Crippen LogP contribution in [0.15, 0.2) is 42.5 Å². The molecule has 6 heteroatoms. The van der Waals surface area contributed by atoms with Crippen LogP contribution in [0.25, 0.3) is 0 Å². The zero-order chi connectivity index (χ0) is 17.8. The lowest BCUT2D eigenvalue weighted by molar-refractivity contribution is 0.102. The molecule has 132 valence electrons. The number of nitrogen functional groups attached to an aromatic ring is 1. The molecule has 1 heterocycles. The van der Waals surface area contributed by atoms with Gasteiger partial charge >= 0.3 is 0 Å². The van der Waals surface area contributed by atoms with Gasteiger partial charge in [-0.3, -0.25) is 4.79 Å². The summed E-state index contributed by atoms with van der Waals surface area (Å²) in [6, 6.07) is 12.8. The quantitative estimate of drug-likeness (QED) is 0.836. The molecule has 0 aliphatic carbocycles. The molecule has 0 unspecified atom stereocenters. The summed E-state index contributed by atoms with van der Waals surface area (Å²) in [5.74, 6) is 0.325. The number of nitrogens with zero attached hydrogens (tertiary/aromatic N) is 2. The summed E-state index contributed by atoms with van der Waals surface area (Å²) < 4.78 is 5.24. The number of rotatable bonds is 4. The van der Waals surface area contributed by atoms with Crippen molar-refractivity contribution in [3.8, 4) is 5.75 Å². The molecule has 3 rings (SSSR count). The minimum atomic E-state index is -0.218. The second-order valence-electron chi connectivity index (χ2n) is 6.22. The van der Waals surface area contributed by atoms with E-state index in [1.807, 2.05) is 24.3 Å². The van der Waals surface area contributed by atoms with E-state index in [9.17, 15) is 4.79 Å². The van der Waals surface area contributed by atoms with Gasteiger partial charge in [0.25, 0.3) is 5.91 Å². The van der Waals surface area contributed by atoms with E-state index < -0.39 is 0 Å². The number of carbonyl (C=O) groups excluding carboxylic acids is 1. The number of methoxy groups -OCH3 is 1. The molecule has 1 fully saturated rings. The molecule has 0 aromatic heterocycles. The third-order valence-corrected chi connectivity index (χ3v) is 4.48. The predicted octanol–water partition coefficient (Wildman–Crippen LogP) is 2.28. The van der Waals surface area contributed by atoms with Gasteiger partial charge in [-0.1, -0.05) is 12.1 Å². The number of carbonyl (C=O) groups is 1. The van der Waals surface area contributed by atoms with E-state index in [4.69, 9.17) is 10.5 Å². The standard InChI is InChI=1S/C19H24N4O2/c1-22-9-11-23(12-10-22)17-8-7-14(13-16(17)20)21-19(24)15-5-3-4-6-18(15)25-2/h3-8,13H,9-12,20H2,1-2H3,(H,21,24). The SMILES string of the molecule is COc1ccccc1C(=O)Nc1ccc(N2CCN(C)CC2)c(N)c1. The lowest BCUT2D eigenvalue weighted by atomic mass is 10.1. The van der Waals surface area contributed by atoms with Gasteiger partial charge in [-0.05, 0) is 37.4 Å². The van der Waals surface area contributed by atoms with E-state index in [2.05, 4.69) is 22.2 Å². The van der Waals surface area contributed by atoms with Gasteiger partial charge in [-0.25, -0.2) is 0 Å². The van der Waals surface area contributed by atoms with Gasteiger partial charge in [-0.15, -0.1) is 0 Å². The molecule has 2 aromatic carbocycles. The van der Waals surface area contributed by atoms with Crippen LogP contribution in [0.2, 0.25) is 0 Å². The van der Waals surface area contributed by atoms with Gasteiger partial charge in [0.1, 0.15) is 5.75 Å². The molecule has 1 aliphatic rings. The highest BCUT2D eigenvalue weighted by Crippen LogP contribution is 2.28. The average Bonchev–Trinajstić information content (AvgIpc) is 2.63. The Hall–Kier alpha value is -2.73. The molecule has 0 saturated carbocycles. The van der Waals surface area contributed by atoms with E-state index >= 15 is 0 Å². The number of para-hydroxylation sites is 1. The Morgan fingerprint density at radius 2 is 1.84 bits per heavy atom. The number of hydrogen-bond donors (Lipinski definition) is 2. The Morgan fingerprint density at radius 3 is 2.52 bits per heavy atom. The summed E-state index contributed by atoms with van der Waals surface area (Å²) in [5.41, 5.74) is 9.08. The molecule has 1 aliphatic heterocycles. The smallest absolute Gasteiger partial charge is 0.259 e. The molecular formula is C19H24N4O2. The largest absolute Gasteiger partial charge is 0.496 e. The van der Waals surface area contributed by atoms with Crippen LogP contribution >= 0.6 is 0 Å². The van der Waals surface area contributed by atoms with Crippen molar-refractivity contribution in [2.45, 2.75) is 0 Å². The molecule has 6 nitrogen and oxygen atoms in total. The minimum absolute atomic E-state index is 0.218. The summed E-state index contributed by atoms with van der Waals surface area (Å²) in [7, 11) is 3.67. The van der Waals surface area contributed by atoms with Crippen molar-refractivity contribution in [3.63, 3.8) is 0 Å². The third kappa shape index (κ3) is 3.85. The molecule has 2 aromatic rings. The van der Waals surface area contributed by atoms with Crippen LogP contribution in [0, 0.1) is 0 Å². The van der Waals surface area contributed by atoms with Gasteiger partial charge in [0.15, 0.2) is 0 Å². The fourth-order valence-corrected chi connectivity index (χ4v) is 3.00. The van der Waals surface area contributed by atoms with E-state index in [0.29, 0.717) is 22.7 Å². The molecule has 1 amide bonds. The summed E-state index contributed by atoms with van der Waals surface area (Å²) >= 11 is 0. The fraction of sp³-hybridized carbons (Fsp3) is 0.316. The molecular weight excluding hydrogens is 316 g/mol. The molecule has 0 atom stereocenters. The van der Waals surface area contributed by atoms with E-state index in [1.165, 1.54) is 0 Å². The van der Waals surface area contributed by atoms with Crippen LogP contribution in [0.3, 0.4) is 0 Å². The van der Waals surface area contributed by atoms with Crippen molar-refractivity contribution in [2.75, 3.05) is 56.3 Å². The number of benzene rings is 2. The maximum Gasteiger partial charge on any atom is 0.259 e. The van der Waals surface area contributed by atoms with Crippen molar-refractivity contribution < 1.29 is 9.53 Å². The maximum atomic E-state index is 12.5. The van der Waals surface area contributed by atoms with Crippen LogP contribution in [0.4, 0.5) is 17.1 Å². The van der Waals surface area contributed by atoms with Crippen LogP contribution in [-0.4, -0.2) is 51.1 Å². The first-order valence-corrected chi connectivity index (χ1v) is 8.36. The molecule has 0 radical (unpaired) electrons. The molecule has 1 saturated heterocycles. The van der Waals surface area contributed by atoms with Crippen molar-refractivity contribution in [2.24, 2.45) is 0 Å². The Balaban J connectivity index is 1.73. The number of likely N-dealkylation sites (N-methyl/N-ethyl adjacent to an activating group) is 1. The Kier molecular flexibility index (Phi) is 5.09. The Morgan fingerprint density at radius 1 is 1.12 bits per heavy atom. The first-order valence-electron chi connectivity index (χ1n) is 8.36. The maximum absolute atomic E-state index is 12.5. The summed E-state index contributed by atoms with van der Waals surface area (Å²) in [5, 5.41) is 2.89. The van der Waals surface area contributed by atoms with Gasteiger partial charge in [0.05, 0.1) is 24.0 Å². The molecule has 3 N–H and O–H groups in total. The highest BCUT2D eigenvalue weighted by Gasteiger charge is 2.17. The normalized spacial score (nSPS) is 15.0. The van der Waals surface area contributed by atoms with Crippen molar-refractivity contribution in [1.29, 1.82) is 0 Å².